The number of rotatable bonds is 3. The summed E-state index contributed by atoms with van der Waals surface area (Å²) in [5, 5.41) is 0.625. The van der Waals surface area contributed by atoms with Crippen molar-refractivity contribution in [2.24, 2.45) is 0 Å². The summed E-state index contributed by atoms with van der Waals surface area (Å²) in [5.41, 5.74) is 1.03. The van der Waals surface area contributed by atoms with E-state index in [1.807, 2.05) is 18.2 Å². The molecule has 5 heteroatoms. The minimum Gasteiger partial charge on any atom is -0.263 e. The van der Waals surface area contributed by atoms with Gasteiger partial charge in [-0.15, -0.1) is 22.9 Å². The normalized spacial score (nSPS) is 12.7. The Morgan fingerprint density at radius 3 is 2.81 bits per heavy atom. The third-order valence-electron chi connectivity index (χ3n) is 2.16. The van der Waals surface area contributed by atoms with Crippen LogP contribution in [0.5, 0.6) is 0 Å². The van der Waals surface area contributed by atoms with E-state index < -0.39 is 0 Å². The molecular formula is C11H8BrCl2NS. The van der Waals surface area contributed by atoms with Gasteiger partial charge in [0.1, 0.15) is 0 Å². The highest BCUT2D eigenvalue weighted by atomic mass is 79.9. The van der Waals surface area contributed by atoms with E-state index in [2.05, 4.69) is 20.9 Å². The van der Waals surface area contributed by atoms with E-state index in [-0.39, 0.29) is 5.38 Å². The maximum atomic E-state index is 6.34. The average molecular weight is 337 g/mol. The van der Waals surface area contributed by atoms with Crippen LogP contribution in [0.15, 0.2) is 34.4 Å². The fourth-order valence-corrected chi connectivity index (χ4v) is 3.33. The summed E-state index contributed by atoms with van der Waals surface area (Å²) >= 11 is 17.4. The lowest BCUT2D eigenvalue weighted by molar-refractivity contribution is 0.936. The maximum absolute atomic E-state index is 6.34. The Bertz CT molecular complexity index is 486. The smallest absolute Gasteiger partial charge is 0.0719 e. The van der Waals surface area contributed by atoms with E-state index in [1.165, 1.54) is 0 Å². The van der Waals surface area contributed by atoms with Gasteiger partial charge < -0.3 is 0 Å². The Balaban J connectivity index is 2.13. The van der Waals surface area contributed by atoms with Crippen LogP contribution in [0.1, 0.15) is 15.8 Å². The fraction of sp³-hybridized carbons (Fsp3) is 0.182. The SMILES string of the molecule is Clc1cnccc1CC(Cl)c1ccc(Br)s1. The van der Waals surface area contributed by atoms with E-state index >= 15 is 0 Å². The molecule has 2 aromatic heterocycles. The first-order valence-electron chi connectivity index (χ1n) is 4.64. The molecule has 0 radical (unpaired) electrons. The summed E-state index contributed by atoms with van der Waals surface area (Å²) in [6, 6.07) is 5.94. The minimum atomic E-state index is -0.0452. The predicted octanol–water partition coefficient (Wildman–Crippen LogP) is 5.08. The van der Waals surface area contributed by atoms with Gasteiger partial charge in [0, 0.05) is 17.3 Å². The lowest BCUT2D eigenvalue weighted by atomic mass is 10.1. The Labute approximate surface area is 117 Å². The van der Waals surface area contributed by atoms with Crippen LogP contribution in [0.2, 0.25) is 5.02 Å². The third-order valence-corrected chi connectivity index (χ3v) is 4.75. The average Bonchev–Trinajstić information content (AvgIpc) is 2.68. The lowest BCUT2D eigenvalue weighted by Gasteiger charge is -2.08. The monoisotopic (exact) mass is 335 g/mol. The van der Waals surface area contributed by atoms with Crippen LogP contribution in [0, 0.1) is 0 Å². The number of thiophene rings is 1. The first kappa shape index (κ1) is 12.4. The van der Waals surface area contributed by atoms with Gasteiger partial charge in [0.2, 0.25) is 0 Å². The number of halogens is 3. The number of pyridine rings is 1. The van der Waals surface area contributed by atoms with E-state index in [0.29, 0.717) is 5.02 Å². The molecule has 0 saturated heterocycles. The summed E-state index contributed by atoms with van der Waals surface area (Å²) in [5.74, 6) is 0. The van der Waals surface area contributed by atoms with Gasteiger partial charge in [-0.25, -0.2) is 0 Å². The van der Waals surface area contributed by atoms with Crippen molar-refractivity contribution in [1.82, 2.24) is 4.98 Å². The van der Waals surface area contributed by atoms with Crippen LogP contribution in [0.25, 0.3) is 0 Å². The van der Waals surface area contributed by atoms with Crippen molar-refractivity contribution in [2.75, 3.05) is 0 Å². The highest BCUT2D eigenvalue weighted by Crippen LogP contribution is 2.34. The highest BCUT2D eigenvalue weighted by molar-refractivity contribution is 9.11. The quantitative estimate of drug-likeness (QED) is 0.712. The molecule has 0 aliphatic carbocycles. The van der Waals surface area contributed by atoms with Crippen LogP contribution in [0.3, 0.4) is 0 Å². The summed E-state index contributed by atoms with van der Waals surface area (Å²) in [6.07, 6.45) is 4.09. The second-order valence-corrected chi connectivity index (χ2v) is 6.71. The zero-order chi connectivity index (χ0) is 11.5. The first-order chi connectivity index (χ1) is 7.66. The van der Waals surface area contributed by atoms with Gasteiger partial charge in [0.25, 0.3) is 0 Å². The largest absolute Gasteiger partial charge is 0.263 e. The molecule has 1 nitrogen and oxygen atoms in total. The van der Waals surface area contributed by atoms with Gasteiger partial charge in [0.15, 0.2) is 0 Å². The molecule has 2 rings (SSSR count). The zero-order valence-electron chi connectivity index (χ0n) is 8.16. The van der Waals surface area contributed by atoms with Crippen LogP contribution in [-0.2, 0) is 6.42 Å². The van der Waals surface area contributed by atoms with E-state index in [9.17, 15) is 0 Å². The molecule has 0 N–H and O–H groups in total. The van der Waals surface area contributed by atoms with Crippen LogP contribution in [-0.4, -0.2) is 4.98 Å². The van der Waals surface area contributed by atoms with E-state index in [0.717, 1.165) is 20.6 Å². The van der Waals surface area contributed by atoms with Crippen molar-refractivity contribution in [3.05, 3.63) is 49.8 Å². The van der Waals surface area contributed by atoms with E-state index in [4.69, 9.17) is 23.2 Å². The molecule has 0 aromatic carbocycles. The van der Waals surface area contributed by atoms with Gasteiger partial charge in [-0.2, -0.15) is 0 Å². The molecule has 0 spiro atoms. The summed E-state index contributed by atoms with van der Waals surface area (Å²) in [4.78, 5) is 5.09. The van der Waals surface area contributed by atoms with Gasteiger partial charge in [-0.3, -0.25) is 4.98 Å². The molecule has 1 unspecified atom stereocenters. The molecule has 1 atom stereocenters. The van der Waals surface area contributed by atoms with Gasteiger partial charge in [0.05, 0.1) is 14.2 Å². The van der Waals surface area contributed by atoms with Crippen molar-refractivity contribution < 1.29 is 0 Å². The Morgan fingerprint density at radius 1 is 1.38 bits per heavy atom. The zero-order valence-corrected chi connectivity index (χ0v) is 12.1. The van der Waals surface area contributed by atoms with Crippen molar-refractivity contribution in [3.63, 3.8) is 0 Å². The molecule has 0 amide bonds. The van der Waals surface area contributed by atoms with Crippen LogP contribution < -0.4 is 0 Å². The molecule has 16 heavy (non-hydrogen) atoms. The number of hydrogen-bond acceptors (Lipinski definition) is 2. The Morgan fingerprint density at radius 2 is 2.19 bits per heavy atom. The van der Waals surface area contributed by atoms with Crippen molar-refractivity contribution >= 4 is 50.5 Å². The van der Waals surface area contributed by atoms with Crippen molar-refractivity contribution in [1.29, 1.82) is 0 Å². The molecular weight excluding hydrogens is 329 g/mol. The van der Waals surface area contributed by atoms with Crippen LogP contribution in [0.4, 0.5) is 0 Å². The first-order valence-corrected chi connectivity index (χ1v) is 7.07. The number of nitrogens with zero attached hydrogens (tertiary/aromatic N) is 1. The van der Waals surface area contributed by atoms with Crippen molar-refractivity contribution in [2.45, 2.75) is 11.8 Å². The highest BCUT2D eigenvalue weighted by Gasteiger charge is 2.13. The second-order valence-electron chi connectivity index (χ2n) is 3.28. The molecule has 2 aromatic rings. The number of hydrogen-bond donors (Lipinski definition) is 0. The van der Waals surface area contributed by atoms with Gasteiger partial charge in [-0.1, -0.05) is 11.6 Å². The third kappa shape index (κ3) is 2.98. The molecule has 0 saturated carbocycles. The minimum absolute atomic E-state index is 0.0452. The summed E-state index contributed by atoms with van der Waals surface area (Å²) in [7, 11) is 0. The predicted molar refractivity (Wildman–Crippen MR) is 73.6 cm³/mol. The standard InChI is InChI=1S/C11H8BrCl2NS/c12-11-2-1-10(16-11)8(13)5-7-3-4-15-6-9(7)14/h1-4,6,8H,5H2. The van der Waals surface area contributed by atoms with Gasteiger partial charge >= 0.3 is 0 Å². The molecule has 0 aliphatic rings. The van der Waals surface area contributed by atoms with E-state index in [1.54, 1.807) is 23.7 Å². The summed E-state index contributed by atoms with van der Waals surface area (Å²) < 4.78 is 1.09. The van der Waals surface area contributed by atoms with Gasteiger partial charge in [-0.05, 0) is 46.1 Å². The molecule has 84 valence electrons. The molecule has 0 fully saturated rings. The Kier molecular flexibility index (Phi) is 4.25. The Hall–Kier alpha value is -0.0900. The summed E-state index contributed by atoms with van der Waals surface area (Å²) in [6.45, 7) is 0. The fourth-order valence-electron chi connectivity index (χ4n) is 1.36. The lowest BCUT2D eigenvalue weighted by Crippen LogP contribution is -1.94. The second kappa shape index (κ2) is 5.50. The molecule has 2 heterocycles. The topological polar surface area (TPSA) is 12.9 Å². The maximum Gasteiger partial charge on any atom is 0.0719 e. The number of aromatic nitrogens is 1. The molecule has 0 aliphatic heterocycles. The number of alkyl halides is 1. The van der Waals surface area contributed by atoms with Crippen molar-refractivity contribution in [3.8, 4) is 0 Å². The van der Waals surface area contributed by atoms with Crippen LogP contribution >= 0.6 is 50.5 Å². The molecule has 0 bridgehead atoms.